The molecule has 0 spiro atoms. The molecule has 0 fully saturated rings. The fourth-order valence-corrected chi connectivity index (χ4v) is 1.56. The Balaban J connectivity index is 2.76. The van der Waals surface area contributed by atoms with Gasteiger partial charge in [0.15, 0.2) is 0 Å². The summed E-state index contributed by atoms with van der Waals surface area (Å²) in [5, 5.41) is 0.285. The van der Waals surface area contributed by atoms with Crippen molar-refractivity contribution in [1.82, 2.24) is 0 Å². The van der Waals surface area contributed by atoms with Gasteiger partial charge in [-0.25, -0.2) is 4.39 Å². The fraction of sp³-hybridized carbons (Fsp3) is 0.364. The number of rotatable bonds is 4. The second-order valence-electron chi connectivity index (χ2n) is 3.60. The highest BCUT2D eigenvalue weighted by atomic mass is 35.5. The lowest BCUT2D eigenvalue weighted by Gasteiger charge is -2.06. The molecule has 0 saturated heterocycles. The molecule has 2 nitrogen and oxygen atoms in total. The summed E-state index contributed by atoms with van der Waals surface area (Å²) < 4.78 is 13.3. The zero-order valence-corrected chi connectivity index (χ0v) is 9.22. The van der Waals surface area contributed by atoms with E-state index in [4.69, 9.17) is 17.3 Å². The van der Waals surface area contributed by atoms with E-state index in [-0.39, 0.29) is 35.3 Å². The van der Waals surface area contributed by atoms with E-state index < -0.39 is 5.82 Å². The lowest BCUT2D eigenvalue weighted by Crippen LogP contribution is -2.21. The lowest BCUT2D eigenvalue weighted by atomic mass is 10.0. The summed E-state index contributed by atoms with van der Waals surface area (Å²) in [7, 11) is 0. The van der Waals surface area contributed by atoms with E-state index in [1.54, 1.807) is 13.0 Å². The molecule has 82 valence electrons. The van der Waals surface area contributed by atoms with Crippen molar-refractivity contribution in [1.29, 1.82) is 0 Å². The molecule has 0 aliphatic carbocycles. The SMILES string of the molecule is CC(N)CC(=O)Cc1c(F)cccc1Cl. The number of carbonyl (C=O) groups excluding carboxylic acids is 1. The van der Waals surface area contributed by atoms with Gasteiger partial charge in [0.2, 0.25) is 0 Å². The molecular formula is C11H13ClFNO. The molecule has 1 rings (SSSR count). The van der Waals surface area contributed by atoms with Gasteiger partial charge in [0.25, 0.3) is 0 Å². The summed E-state index contributed by atoms with van der Waals surface area (Å²) in [5.74, 6) is -0.544. The number of benzene rings is 1. The number of carbonyl (C=O) groups is 1. The van der Waals surface area contributed by atoms with Crippen LogP contribution in [-0.2, 0) is 11.2 Å². The number of halogens is 2. The highest BCUT2D eigenvalue weighted by Gasteiger charge is 2.12. The van der Waals surface area contributed by atoms with Gasteiger partial charge in [-0.2, -0.15) is 0 Å². The largest absolute Gasteiger partial charge is 0.328 e. The molecule has 1 unspecified atom stereocenters. The Hall–Kier alpha value is -0.930. The summed E-state index contributed by atoms with van der Waals surface area (Å²) in [6, 6.07) is 4.17. The van der Waals surface area contributed by atoms with Gasteiger partial charge < -0.3 is 5.73 Å². The third kappa shape index (κ3) is 3.61. The standard InChI is InChI=1S/C11H13ClFNO/c1-7(14)5-8(15)6-9-10(12)3-2-4-11(9)13/h2-4,7H,5-6,14H2,1H3. The van der Waals surface area contributed by atoms with E-state index in [1.807, 2.05) is 0 Å². The van der Waals surface area contributed by atoms with Gasteiger partial charge in [0, 0.05) is 29.5 Å². The van der Waals surface area contributed by atoms with Crippen molar-refractivity contribution in [2.24, 2.45) is 5.73 Å². The van der Waals surface area contributed by atoms with E-state index >= 15 is 0 Å². The highest BCUT2D eigenvalue weighted by molar-refractivity contribution is 6.31. The molecule has 0 bridgehead atoms. The normalized spacial score (nSPS) is 12.5. The Labute approximate surface area is 93.2 Å². The van der Waals surface area contributed by atoms with Crippen LogP contribution in [0.3, 0.4) is 0 Å². The van der Waals surface area contributed by atoms with Crippen molar-refractivity contribution < 1.29 is 9.18 Å². The molecule has 0 heterocycles. The molecular weight excluding hydrogens is 217 g/mol. The molecule has 15 heavy (non-hydrogen) atoms. The van der Waals surface area contributed by atoms with Crippen LogP contribution in [0.4, 0.5) is 4.39 Å². The molecule has 0 aliphatic heterocycles. The van der Waals surface area contributed by atoms with Gasteiger partial charge in [-0.15, -0.1) is 0 Å². The van der Waals surface area contributed by atoms with Crippen molar-refractivity contribution >= 4 is 17.4 Å². The van der Waals surface area contributed by atoms with E-state index in [2.05, 4.69) is 0 Å². The Morgan fingerprint density at radius 3 is 2.80 bits per heavy atom. The first-order valence-corrected chi connectivity index (χ1v) is 5.08. The topological polar surface area (TPSA) is 43.1 Å². The number of ketones is 1. The fourth-order valence-electron chi connectivity index (χ4n) is 1.33. The van der Waals surface area contributed by atoms with Crippen molar-refractivity contribution in [3.63, 3.8) is 0 Å². The second kappa shape index (κ2) is 5.24. The third-order valence-corrected chi connectivity index (χ3v) is 2.34. The van der Waals surface area contributed by atoms with Crippen molar-refractivity contribution in [2.45, 2.75) is 25.8 Å². The van der Waals surface area contributed by atoms with Crippen LogP contribution in [0.25, 0.3) is 0 Å². The Kier molecular flexibility index (Phi) is 4.24. The average Bonchev–Trinajstić information content (AvgIpc) is 2.10. The van der Waals surface area contributed by atoms with Gasteiger partial charge in [-0.05, 0) is 19.1 Å². The number of hydrogen-bond donors (Lipinski definition) is 1. The minimum absolute atomic E-state index is 0.00699. The van der Waals surface area contributed by atoms with E-state index in [0.29, 0.717) is 0 Å². The van der Waals surface area contributed by atoms with Gasteiger partial charge in [-0.3, -0.25) is 4.79 Å². The van der Waals surface area contributed by atoms with E-state index in [9.17, 15) is 9.18 Å². The third-order valence-electron chi connectivity index (χ3n) is 1.99. The van der Waals surface area contributed by atoms with Crippen molar-refractivity contribution in [3.05, 3.63) is 34.6 Å². The first kappa shape index (κ1) is 12.1. The quantitative estimate of drug-likeness (QED) is 0.861. The first-order valence-electron chi connectivity index (χ1n) is 4.71. The monoisotopic (exact) mass is 229 g/mol. The number of nitrogens with two attached hydrogens (primary N) is 1. The average molecular weight is 230 g/mol. The second-order valence-corrected chi connectivity index (χ2v) is 4.00. The van der Waals surface area contributed by atoms with Crippen LogP contribution in [0.5, 0.6) is 0 Å². The van der Waals surface area contributed by atoms with Crippen LogP contribution >= 0.6 is 11.6 Å². The molecule has 1 atom stereocenters. The molecule has 2 N–H and O–H groups in total. The van der Waals surface area contributed by atoms with Crippen molar-refractivity contribution in [2.75, 3.05) is 0 Å². The van der Waals surface area contributed by atoms with Crippen LogP contribution in [0.2, 0.25) is 5.02 Å². The van der Waals surface area contributed by atoms with Crippen LogP contribution in [0, 0.1) is 5.82 Å². The summed E-state index contributed by atoms with van der Waals surface area (Å²) in [6.07, 6.45) is 0.248. The lowest BCUT2D eigenvalue weighted by molar-refractivity contribution is -0.118. The predicted octanol–water partition coefficient (Wildman–Crippen LogP) is 2.33. The maximum absolute atomic E-state index is 13.3. The van der Waals surface area contributed by atoms with Crippen LogP contribution in [0.15, 0.2) is 18.2 Å². The van der Waals surface area contributed by atoms with Gasteiger partial charge in [0.05, 0.1) is 0 Å². The Morgan fingerprint density at radius 1 is 1.60 bits per heavy atom. The highest BCUT2D eigenvalue weighted by Crippen LogP contribution is 2.20. The summed E-state index contributed by atoms with van der Waals surface area (Å²) >= 11 is 5.79. The predicted molar refractivity (Wildman–Crippen MR) is 58.4 cm³/mol. The molecule has 0 saturated carbocycles. The van der Waals surface area contributed by atoms with Gasteiger partial charge in [0.1, 0.15) is 11.6 Å². The zero-order valence-electron chi connectivity index (χ0n) is 8.47. The summed E-state index contributed by atoms with van der Waals surface area (Å²) in [5.41, 5.74) is 5.73. The molecule has 1 aromatic carbocycles. The smallest absolute Gasteiger partial charge is 0.138 e. The molecule has 0 amide bonds. The summed E-state index contributed by atoms with van der Waals surface area (Å²) in [4.78, 5) is 11.4. The maximum atomic E-state index is 13.3. The van der Waals surface area contributed by atoms with Crippen LogP contribution in [-0.4, -0.2) is 11.8 Å². The first-order chi connectivity index (χ1) is 7.00. The van der Waals surface area contributed by atoms with Crippen molar-refractivity contribution in [3.8, 4) is 0 Å². The molecule has 0 aromatic heterocycles. The maximum Gasteiger partial charge on any atom is 0.138 e. The van der Waals surface area contributed by atoms with E-state index in [0.717, 1.165) is 0 Å². The molecule has 1 aromatic rings. The Bertz CT molecular complexity index is 345. The zero-order chi connectivity index (χ0) is 11.4. The molecule has 4 heteroatoms. The van der Waals surface area contributed by atoms with Crippen LogP contribution in [0.1, 0.15) is 18.9 Å². The Morgan fingerprint density at radius 2 is 2.27 bits per heavy atom. The van der Waals surface area contributed by atoms with Crippen LogP contribution < -0.4 is 5.73 Å². The summed E-state index contributed by atoms with van der Waals surface area (Å²) in [6.45, 7) is 1.74. The van der Waals surface area contributed by atoms with Gasteiger partial charge in [-0.1, -0.05) is 17.7 Å². The molecule has 0 radical (unpaired) electrons. The van der Waals surface area contributed by atoms with E-state index in [1.165, 1.54) is 12.1 Å². The number of Topliss-reactive ketones (excluding diaryl/α,β-unsaturated/α-hetero) is 1. The number of hydrogen-bond acceptors (Lipinski definition) is 2. The molecule has 0 aliphatic rings. The minimum Gasteiger partial charge on any atom is -0.328 e. The van der Waals surface area contributed by atoms with Gasteiger partial charge >= 0.3 is 0 Å². The minimum atomic E-state index is -0.444.